The Morgan fingerprint density at radius 3 is 2.73 bits per heavy atom. The lowest BCUT2D eigenvalue weighted by Crippen LogP contribution is -2.15. The summed E-state index contributed by atoms with van der Waals surface area (Å²) in [5.74, 6) is 0.454. The van der Waals surface area contributed by atoms with Gasteiger partial charge in [0.2, 0.25) is 11.9 Å². The molecular formula is C22H17N5O3. The highest BCUT2D eigenvalue weighted by molar-refractivity contribution is 5.94. The van der Waals surface area contributed by atoms with Crippen LogP contribution in [-0.4, -0.2) is 26.0 Å². The zero-order valence-corrected chi connectivity index (χ0v) is 15.8. The first-order valence-corrected chi connectivity index (χ1v) is 9.55. The van der Waals surface area contributed by atoms with Crippen molar-refractivity contribution in [3.63, 3.8) is 0 Å². The monoisotopic (exact) mass is 399 g/mol. The highest BCUT2D eigenvalue weighted by Crippen LogP contribution is 2.48. The first-order chi connectivity index (χ1) is 14.6. The molecule has 1 aliphatic rings. The number of nitrogens with one attached hydrogen (secondary N) is 2. The number of hydrogen-bond acceptors (Lipinski definition) is 5. The van der Waals surface area contributed by atoms with Crippen molar-refractivity contribution >= 4 is 28.3 Å². The summed E-state index contributed by atoms with van der Waals surface area (Å²) in [4.78, 5) is 27.3. The molecule has 1 aliphatic carbocycles. The SMILES string of the molecule is O=C(Nc1n[nH]c(-c2cccc([N+](=O)[O-])c2)n1)C1CC1c1ccc2ccccc2c1. The first kappa shape index (κ1) is 18.0. The molecule has 2 N–H and O–H groups in total. The van der Waals surface area contributed by atoms with Gasteiger partial charge in [0.25, 0.3) is 5.69 Å². The number of non-ortho nitro benzene ring substituents is 1. The Morgan fingerprint density at radius 2 is 1.90 bits per heavy atom. The summed E-state index contributed by atoms with van der Waals surface area (Å²) in [6.07, 6.45) is 0.784. The highest BCUT2D eigenvalue weighted by atomic mass is 16.6. The van der Waals surface area contributed by atoms with Gasteiger partial charge in [-0.15, -0.1) is 5.10 Å². The van der Waals surface area contributed by atoms with E-state index in [0.29, 0.717) is 11.4 Å². The molecule has 4 aromatic rings. The molecule has 8 nitrogen and oxygen atoms in total. The van der Waals surface area contributed by atoms with Crippen molar-refractivity contribution in [1.29, 1.82) is 0 Å². The van der Waals surface area contributed by atoms with Gasteiger partial charge in [-0.05, 0) is 28.7 Å². The summed E-state index contributed by atoms with van der Waals surface area (Å²) in [5, 5.41) is 22.8. The molecule has 2 unspecified atom stereocenters. The van der Waals surface area contributed by atoms with Crippen molar-refractivity contribution in [3.8, 4) is 11.4 Å². The maximum absolute atomic E-state index is 12.6. The van der Waals surface area contributed by atoms with Crippen LogP contribution in [0.1, 0.15) is 17.9 Å². The second kappa shape index (κ2) is 7.07. The van der Waals surface area contributed by atoms with Gasteiger partial charge in [-0.2, -0.15) is 4.98 Å². The fourth-order valence-corrected chi connectivity index (χ4v) is 3.71. The molecular weight excluding hydrogens is 382 g/mol. The Labute approximate surface area is 171 Å². The summed E-state index contributed by atoms with van der Waals surface area (Å²) in [5.41, 5.74) is 1.64. The quantitative estimate of drug-likeness (QED) is 0.384. The lowest BCUT2D eigenvalue weighted by molar-refractivity contribution is -0.384. The van der Waals surface area contributed by atoms with Gasteiger partial charge in [-0.3, -0.25) is 25.3 Å². The number of hydrogen-bond donors (Lipinski definition) is 2. The van der Waals surface area contributed by atoms with Crippen LogP contribution in [0.3, 0.4) is 0 Å². The van der Waals surface area contributed by atoms with E-state index in [1.54, 1.807) is 12.1 Å². The predicted octanol–water partition coefficient (Wildman–Crippen LogP) is 4.28. The Balaban J connectivity index is 1.27. The number of rotatable bonds is 5. The summed E-state index contributed by atoms with van der Waals surface area (Å²) in [6.45, 7) is 0. The van der Waals surface area contributed by atoms with Crippen molar-refractivity contribution < 1.29 is 9.72 Å². The van der Waals surface area contributed by atoms with Crippen LogP contribution in [0.2, 0.25) is 0 Å². The maximum atomic E-state index is 12.6. The molecule has 148 valence electrons. The molecule has 0 bridgehead atoms. The summed E-state index contributed by atoms with van der Waals surface area (Å²) in [6, 6.07) is 20.5. The van der Waals surface area contributed by atoms with E-state index in [0.717, 1.165) is 17.4 Å². The first-order valence-electron chi connectivity index (χ1n) is 9.55. The lowest BCUT2D eigenvalue weighted by Gasteiger charge is -2.03. The van der Waals surface area contributed by atoms with Crippen molar-refractivity contribution in [2.75, 3.05) is 5.32 Å². The van der Waals surface area contributed by atoms with Gasteiger partial charge in [-0.1, -0.05) is 54.6 Å². The molecule has 30 heavy (non-hydrogen) atoms. The summed E-state index contributed by atoms with van der Waals surface area (Å²) < 4.78 is 0. The van der Waals surface area contributed by atoms with E-state index in [2.05, 4.69) is 50.8 Å². The molecule has 1 aromatic heterocycles. The number of benzene rings is 3. The van der Waals surface area contributed by atoms with Gasteiger partial charge in [0.15, 0.2) is 5.82 Å². The maximum Gasteiger partial charge on any atom is 0.270 e. The number of nitrogens with zero attached hydrogens (tertiary/aromatic N) is 3. The third kappa shape index (κ3) is 3.39. The van der Waals surface area contributed by atoms with Gasteiger partial charge >= 0.3 is 0 Å². The van der Waals surface area contributed by atoms with E-state index < -0.39 is 4.92 Å². The minimum atomic E-state index is -0.470. The van der Waals surface area contributed by atoms with Crippen LogP contribution >= 0.6 is 0 Å². The fourth-order valence-electron chi connectivity index (χ4n) is 3.71. The van der Waals surface area contributed by atoms with Gasteiger partial charge in [0.05, 0.1) is 4.92 Å². The third-order valence-electron chi connectivity index (χ3n) is 5.38. The van der Waals surface area contributed by atoms with E-state index in [1.165, 1.54) is 17.5 Å². The number of amides is 1. The number of carbonyl (C=O) groups is 1. The number of carbonyl (C=O) groups excluding carboxylic acids is 1. The second-order valence-corrected chi connectivity index (χ2v) is 7.36. The van der Waals surface area contributed by atoms with Crippen molar-refractivity contribution in [3.05, 3.63) is 82.4 Å². The zero-order chi connectivity index (χ0) is 20.7. The van der Waals surface area contributed by atoms with Crippen LogP contribution in [0.4, 0.5) is 11.6 Å². The smallest absolute Gasteiger partial charge is 0.270 e. The predicted molar refractivity (Wildman–Crippen MR) is 112 cm³/mol. The molecule has 0 aliphatic heterocycles. The topological polar surface area (TPSA) is 114 Å². The zero-order valence-electron chi connectivity index (χ0n) is 15.8. The Hall–Kier alpha value is -4.07. The molecule has 0 saturated heterocycles. The number of H-pyrrole nitrogens is 1. The molecule has 5 rings (SSSR count). The van der Waals surface area contributed by atoms with E-state index in [-0.39, 0.29) is 29.4 Å². The molecule has 1 fully saturated rings. The number of anilines is 1. The molecule has 1 saturated carbocycles. The molecule has 8 heteroatoms. The minimum Gasteiger partial charge on any atom is -0.293 e. The normalized spacial score (nSPS) is 17.6. The van der Waals surface area contributed by atoms with Crippen LogP contribution in [-0.2, 0) is 4.79 Å². The fraction of sp³-hybridized carbons (Fsp3) is 0.136. The van der Waals surface area contributed by atoms with E-state index in [4.69, 9.17) is 0 Å². The molecule has 1 amide bonds. The number of aromatic amines is 1. The molecule has 0 radical (unpaired) electrons. The number of nitro groups is 1. The minimum absolute atomic E-state index is 0.0364. The van der Waals surface area contributed by atoms with Crippen LogP contribution in [0, 0.1) is 16.0 Å². The van der Waals surface area contributed by atoms with Gasteiger partial charge < -0.3 is 0 Å². The van der Waals surface area contributed by atoms with Crippen molar-refractivity contribution in [1.82, 2.24) is 15.2 Å². The van der Waals surface area contributed by atoms with Gasteiger partial charge in [-0.25, -0.2) is 0 Å². The number of nitro benzene ring substituents is 1. The number of aromatic nitrogens is 3. The van der Waals surface area contributed by atoms with Gasteiger partial charge in [0, 0.05) is 23.6 Å². The van der Waals surface area contributed by atoms with Gasteiger partial charge in [0.1, 0.15) is 0 Å². The van der Waals surface area contributed by atoms with Crippen LogP contribution in [0.15, 0.2) is 66.7 Å². The van der Waals surface area contributed by atoms with E-state index in [1.807, 2.05) is 12.1 Å². The number of fused-ring (bicyclic) bond motifs is 1. The summed E-state index contributed by atoms with van der Waals surface area (Å²) >= 11 is 0. The standard InChI is InChI=1S/C22H17N5O3/c28-21(19-12-18(19)15-9-8-13-4-1-2-5-14(13)10-15)24-22-23-20(25-26-22)16-6-3-7-17(11-16)27(29)30/h1-11,18-19H,12H2,(H2,23,24,25,26,28). The molecule has 1 heterocycles. The Morgan fingerprint density at radius 1 is 1.07 bits per heavy atom. The Bertz CT molecular complexity index is 1280. The van der Waals surface area contributed by atoms with Crippen LogP contribution < -0.4 is 5.32 Å². The third-order valence-corrected chi connectivity index (χ3v) is 5.38. The Kier molecular flexibility index (Phi) is 4.24. The lowest BCUT2D eigenvalue weighted by atomic mass is 10.0. The average molecular weight is 399 g/mol. The molecule has 0 spiro atoms. The average Bonchev–Trinajstić information content (AvgIpc) is 3.45. The van der Waals surface area contributed by atoms with Crippen molar-refractivity contribution in [2.24, 2.45) is 5.92 Å². The summed E-state index contributed by atoms with van der Waals surface area (Å²) in [7, 11) is 0. The van der Waals surface area contributed by atoms with E-state index >= 15 is 0 Å². The second-order valence-electron chi connectivity index (χ2n) is 7.36. The van der Waals surface area contributed by atoms with E-state index in [9.17, 15) is 14.9 Å². The van der Waals surface area contributed by atoms with Crippen LogP contribution in [0.25, 0.3) is 22.2 Å². The largest absolute Gasteiger partial charge is 0.293 e. The highest BCUT2D eigenvalue weighted by Gasteiger charge is 2.44. The molecule has 3 aromatic carbocycles. The van der Waals surface area contributed by atoms with Crippen LogP contribution in [0.5, 0.6) is 0 Å². The molecule has 2 atom stereocenters. The van der Waals surface area contributed by atoms with Crippen molar-refractivity contribution in [2.45, 2.75) is 12.3 Å².